The molecule has 0 atom stereocenters. The number of nitrogens with one attached hydrogen (secondary N) is 2. The maximum Gasteiger partial charge on any atom is 0.201 e. The van der Waals surface area contributed by atoms with Crippen molar-refractivity contribution in [3.63, 3.8) is 0 Å². The summed E-state index contributed by atoms with van der Waals surface area (Å²) in [6.45, 7) is 1.37. The van der Waals surface area contributed by atoms with Gasteiger partial charge in [-0.25, -0.2) is 4.98 Å². The Balaban J connectivity index is 1.98. The summed E-state index contributed by atoms with van der Waals surface area (Å²) in [4.78, 5) is 7.84. The number of hydrogen-bond donors (Lipinski definition) is 3. The Morgan fingerprint density at radius 1 is 1.24 bits per heavy atom. The molecule has 3 rings (SSSR count). The van der Waals surface area contributed by atoms with Crippen LogP contribution in [0.4, 0.5) is 5.95 Å². The van der Waals surface area contributed by atoms with E-state index in [4.69, 9.17) is 5.73 Å². The van der Waals surface area contributed by atoms with Gasteiger partial charge in [0, 0.05) is 13.1 Å². The van der Waals surface area contributed by atoms with Crippen LogP contribution in [0.5, 0.6) is 0 Å². The quantitative estimate of drug-likeness (QED) is 0.753. The topological polar surface area (TPSA) is 66.7 Å². The van der Waals surface area contributed by atoms with E-state index >= 15 is 0 Å². The fourth-order valence-corrected chi connectivity index (χ4v) is 2.52. The fraction of sp³-hybridized carbons (Fsp3) is 0.462. The largest absolute Gasteiger partial charge is 0.355 e. The van der Waals surface area contributed by atoms with Gasteiger partial charge in [0.2, 0.25) is 5.95 Å². The van der Waals surface area contributed by atoms with Crippen LogP contribution in [0.1, 0.15) is 24.0 Å². The smallest absolute Gasteiger partial charge is 0.201 e. The number of aromatic amines is 1. The van der Waals surface area contributed by atoms with Crippen molar-refractivity contribution in [3.05, 3.63) is 23.3 Å². The van der Waals surface area contributed by atoms with E-state index in [9.17, 15) is 0 Å². The molecule has 4 N–H and O–H groups in total. The standard InChI is InChI=1S/C13H18N4/c14-5-6-15-13-16-11-7-9-3-1-2-4-10(9)8-12(11)17-13/h7-8H,1-6,14H2,(H2,15,16,17). The number of anilines is 1. The Bertz CT molecular complexity index is 486. The summed E-state index contributed by atoms with van der Waals surface area (Å²) >= 11 is 0. The molecule has 0 aliphatic heterocycles. The lowest BCUT2D eigenvalue weighted by molar-refractivity contribution is 0.687. The molecule has 0 saturated heterocycles. The van der Waals surface area contributed by atoms with Gasteiger partial charge < -0.3 is 16.0 Å². The molecule has 1 aliphatic carbocycles. The van der Waals surface area contributed by atoms with Crippen molar-refractivity contribution in [2.24, 2.45) is 5.73 Å². The predicted molar refractivity (Wildman–Crippen MR) is 70.3 cm³/mol. The van der Waals surface area contributed by atoms with Crippen molar-refractivity contribution in [1.29, 1.82) is 0 Å². The average molecular weight is 230 g/mol. The SMILES string of the molecule is NCCNc1nc2cc3c(cc2[nH]1)CCCC3. The summed E-state index contributed by atoms with van der Waals surface area (Å²) in [6.07, 6.45) is 5.02. The van der Waals surface area contributed by atoms with Gasteiger partial charge in [-0.05, 0) is 48.9 Å². The summed E-state index contributed by atoms with van der Waals surface area (Å²) < 4.78 is 0. The molecule has 4 heteroatoms. The van der Waals surface area contributed by atoms with Crippen molar-refractivity contribution in [3.8, 4) is 0 Å². The zero-order valence-electron chi connectivity index (χ0n) is 9.92. The number of aromatic nitrogens is 2. The molecule has 90 valence electrons. The van der Waals surface area contributed by atoms with Crippen LogP contribution < -0.4 is 11.1 Å². The highest BCUT2D eigenvalue weighted by molar-refractivity contribution is 5.79. The first-order valence-corrected chi connectivity index (χ1v) is 6.32. The number of nitrogens with zero attached hydrogens (tertiary/aromatic N) is 1. The monoisotopic (exact) mass is 230 g/mol. The molecule has 2 aromatic rings. The third-order valence-corrected chi connectivity index (χ3v) is 3.38. The third kappa shape index (κ3) is 2.00. The van der Waals surface area contributed by atoms with Gasteiger partial charge in [0.05, 0.1) is 11.0 Å². The first-order valence-electron chi connectivity index (χ1n) is 6.32. The molecule has 1 aromatic carbocycles. The lowest BCUT2D eigenvalue weighted by Gasteiger charge is -2.14. The highest BCUT2D eigenvalue weighted by Crippen LogP contribution is 2.26. The van der Waals surface area contributed by atoms with Crippen molar-refractivity contribution >= 4 is 17.0 Å². The lowest BCUT2D eigenvalue weighted by atomic mass is 9.91. The Morgan fingerprint density at radius 2 is 2.00 bits per heavy atom. The molecule has 4 nitrogen and oxygen atoms in total. The van der Waals surface area contributed by atoms with Crippen LogP contribution >= 0.6 is 0 Å². The van der Waals surface area contributed by atoms with Gasteiger partial charge in [0.15, 0.2) is 0 Å². The zero-order valence-corrected chi connectivity index (χ0v) is 9.92. The summed E-state index contributed by atoms with van der Waals surface area (Å²) in [5.41, 5.74) is 10.6. The van der Waals surface area contributed by atoms with Crippen molar-refractivity contribution < 1.29 is 0 Å². The molecule has 0 bridgehead atoms. The zero-order chi connectivity index (χ0) is 11.7. The van der Waals surface area contributed by atoms with E-state index in [0.29, 0.717) is 6.54 Å². The normalized spacial score (nSPS) is 14.9. The highest BCUT2D eigenvalue weighted by atomic mass is 15.1. The number of nitrogens with two attached hydrogens (primary N) is 1. The van der Waals surface area contributed by atoms with E-state index in [1.165, 1.54) is 36.8 Å². The van der Waals surface area contributed by atoms with Crippen LogP contribution in [0.3, 0.4) is 0 Å². The molecular formula is C13H18N4. The second kappa shape index (κ2) is 4.37. The summed E-state index contributed by atoms with van der Waals surface area (Å²) in [5, 5.41) is 3.18. The molecule has 1 aromatic heterocycles. The van der Waals surface area contributed by atoms with Gasteiger partial charge >= 0.3 is 0 Å². The molecule has 1 aliphatic rings. The predicted octanol–water partition coefficient (Wildman–Crippen LogP) is 1.81. The first-order chi connectivity index (χ1) is 8.36. The minimum absolute atomic E-state index is 0.619. The van der Waals surface area contributed by atoms with Crippen molar-refractivity contribution in [1.82, 2.24) is 9.97 Å². The Kier molecular flexibility index (Phi) is 2.73. The number of hydrogen-bond acceptors (Lipinski definition) is 3. The van der Waals surface area contributed by atoms with E-state index < -0.39 is 0 Å². The molecule has 0 unspecified atom stereocenters. The highest BCUT2D eigenvalue weighted by Gasteiger charge is 2.12. The number of imidazole rings is 1. The minimum Gasteiger partial charge on any atom is -0.355 e. The second-order valence-corrected chi connectivity index (χ2v) is 4.65. The number of aryl methyl sites for hydroxylation is 2. The van der Waals surface area contributed by atoms with E-state index in [0.717, 1.165) is 23.5 Å². The Morgan fingerprint density at radius 3 is 2.76 bits per heavy atom. The molecule has 17 heavy (non-hydrogen) atoms. The second-order valence-electron chi connectivity index (χ2n) is 4.65. The van der Waals surface area contributed by atoms with Crippen LogP contribution in [0.2, 0.25) is 0 Å². The minimum atomic E-state index is 0.619. The van der Waals surface area contributed by atoms with Crippen LogP contribution in [0, 0.1) is 0 Å². The van der Waals surface area contributed by atoms with Crippen LogP contribution in [0.25, 0.3) is 11.0 Å². The average Bonchev–Trinajstić information content (AvgIpc) is 2.75. The number of H-pyrrole nitrogens is 1. The van der Waals surface area contributed by atoms with Crippen LogP contribution in [-0.4, -0.2) is 23.1 Å². The van der Waals surface area contributed by atoms with E-state index in [1.807, 2.05) is 0 Å². The van der Waals surface area contributed by atoms with Gasteiger partial charge in [-0.3, -0.25) is 0 Å². The summed E-state index contributed by atoms with van der Waals surface area (Å²) in [7, 11) is 0. The van der Waals surface area contributed by atoms with Crippen molar-refractivity contribution in [2.75, 3.05) is 18.4 Å². The lowest BCUT2D eigenvalue weighted by Crippen LogP contribution is -2.13. The fourth-order valence-electron chi connectivity index (χ4n) is 2.52. The van der Waals surface area contributed by atoms with Crippen molar-refractivity contribution in [2.45, 2.75) is 25.7 Å². The van der Waals surface area contributed by atoms with Gasteiger partial charge in [0.1, 0.15) is 0 Å². The Hall–Kier alpha value is -1.55. The number of rotatable bonds is 3. The van der Waals surface area contributed by atoms with Gasteiger partial charge in [-0.1, -0.05) is 0 Å². The van der Waals surface area contributed by atoms with Gasteiger partial charge in [-0.2, -0.15) is 0 Å². The Labute approximate surface area is 101 Å². The molecule has 0 amide bonds. The molecule has 0 radical (unpaired) electrons. The molecule has 0 fully saturated rings. The molecule has 0 spiro atoms. The molecule has 0 saturated carbocycles. The maximum atomic E-state index is 5.47. The molecular weight excluding hydrogens is 212 g/mol. The summed E-state index contributed by atoms with van der Waals surface area (Å²) in [5.74, 6) is 0.827. The van der Waals surface area contributed by atoms with Crippen LogP contribution in [0.15, 0.2) is 12.1 Å². The van der Waals surface area contributed by atoms with E-state index in [1.54, 1.807) is 0 Å². The van der Waals surface area contributed by atoms with E-state index in [2.05, 4.69) is 27.4 Å². The third-order valence-electron chi connectivity index (χ3n) is 3.38. The van der Waals surface area contributed by atoms with Crippen LogP contribution in [-0.2, 0) is 12.8 Å². The molecule has 1 heterocycles. The first kappa shape index (κ1) is 10.6. The number of fused-ring (bicyclic) bond motifs is 2. The van der Waals surface area contributed by atoms with Gasteiger partial charge in [-0.15, -0.1) is 0 Å². The van der Waals surface area contributed by atoms with E-state index in [-0.39, 0.29) is 0 Å². The van der Waals surface area contributed by atoms with Gasteiger partial charge in [0.25, 0.3) is 0 Å². The number of benzene rings is 1. The maximum absolute atomic E-state index is 5.47. The summed E-state index contributed by atoms with van der Waals surface area (Å²) in [6, 6.07) is 4.48.